The van der Waals surface area contributed by atoms with E-state index in [1.54, 1.807) is 6.07 Å². The highest BCUT2D eigenvalue weighted by Crippen LogP contribution is 2.28. The molecule has 18 heavy (non-hydrogen) atoms. The molecule has 0 heterocycles. The van der Waals surface area contributed by atoms with E-state index >= 15 is 0 Å². The number of fused-ring (bicyclic) bond motifs is 1. The van der Waals surface area contributed by atoms with Crippen LogP contribution in [0.3, 0.4) is 0 Å². The van der Waals surface area contributed by atoms with Crippen molar-refractivity contribution in [2.75, 3.05) is 7.11 Å². The highest BCUT2D eigenvalue weighted by atomic mass is 16.5. The van der Waals surface area contributed by atoms with Gasteiger partial charge in [-0.3, -0.25) is 4.79 Å². The molecule has 0 saturated carbocycles. The van der Waals surface area contributed by atoms with Crippen LogP contribution in [0.1, 0.15) is 5.56 Å². The molecule has 0 aromatic heterocycles. The molecular weight excluding hydrogens is 232 g/mol. The number of ether oxygens (including phenoxy) is 1. The van der Waals surface area contributed by atoms with E-state index in [0.29, 0.717) is 11.3 Å². The third kappa shape index (κ3) is 2.18. The Hall–Kier alpha value is -2.36. The zero-order valence-electron chi connectivity index (χ0n) is 9.84. The van der Waals surface area contributed by atoms with Gasteiger partial charge in [0.05, 0.1) is 7.11 Å². The van der Waals surface area contributed by atoms with Crippen molar-refractivity contribution in [2.45, 2.75) is 6.42 Å². The number of carbonyl (C=O) groups is 2. The Bertz CT molecular complexity index is 616. The highest BCUT2D eigenvalue weighted by Gasteiger charge is 2.17. The lowest BCUT2D eigenvalue weighted by Crippen LogP contribution is -2.15. The Labute approximate surface area is 104 Å². The molecule has 0 aliphatic heterocycles. The van der Waals surface area contributed by atoms with E-state index in [1.807, 2.05) is 30.3 Å². The van der Waals surface area contributed by atoms with Crippen LogP contribution in [0.4, 0.5) is 0 Å². The van der Waals surface area contributed by atoms with Crippen molar-refractivity contribution in [3.05, 3.63) is 42.0 Å². The summed E-state index contributed by atoms with van der Waals surface area (Å²) in [6, 6.07) is 11.1. The number of carbonyl (C=O) groups excluding carboxylic acids is 1. The highest BCUT2D eigenvalue weighted by molar-refractivity contribution is 6.33. The van der Waals surface area contributed by atoms with Crippen molar-refractivity contribution in [1.82, 2.24) is 0 Å². The first-order valence-electron chi connectivity index (χ1n) is 5.44. The molecule has 4 nitrogen and oxygen atoms in total. The van der Waals surface area contributed by atoms with Crippen molar-refractivity contribution in [3.8, 4) is 5.75 Å². The molecule has 0 radical (unpaired) electrons. The third-order valence-corrected chi connectivity index (χ3v) is 2.79. The molecule has 0 spiro atoms. The van der Waals surface area contributed by atoms with Crippen LogP contribution in [0.15, 0.2) is 36.4 Å². The van der Waals surface area contributed by atoms with Gasteiger partial charge in [-0.05, 0) is 16.8 Å². The smallest absolute Gasteiger partial charge is 0.372 e. The molecule has 2 aromatic rings. The maximum atomic E-state index is 11.4. The first kappa shape index (κ1) is 12.1. The maximum Gasteiger partial charge on any atom is 0.372 e. The van der Waals surface area contributed by atoms with Crippen LogP contribution in [0.2, 0.25) is 0 Å². The molecule has 2 aromatic carbocycles. The van der Waals surface area contributed by atoms with Gasteiger partial charge in [0.15, 0.2) is 0 Å². The van der Waals surface area contributed by atoms with Gasteiger partial charge in [0.2, 0.25) is 5.78 Å². The number of methoxy groups -OCH3 is 1. The predicted octanol–water partition coefficient (Wildman–Crippen LogP) is 2.04. The van der Waals surface area contributed by atoms with Gasteiger partial charge in [-0.1, -0.05) is 30.3 Å². The quantitative estimate of drug-likeness (QED) is 0.836. The second-order valence-electron chi connectivity index (χ2n) is 3.87. The minimum atomic E-state index is -1.43. The van der Waals surface area contributed by atoms with Gasteiger partial charge in [-0.25, -0.2) is 4.79 Å². The van der Waals surface area contributed by atoms with E-state index < -0.39 is 11.8 Å². The largest absolute Gasteiger partial charge is 0.496 e. The number of ketones is 1. The van der Waals surface area contributed by atoms with Crippen LogP contribution in [-0.2, 0) is 16.0 Å². The van der Waals surface area contributed by atoms with E-state index in [2.05, 4.69) is 0 Å². The summed E-state index contributed by atoms with van der Waals surface area (Å²) >= 11 is 0. The van der Waals surface area contributed by atoms with Gasteiger partial charge in [0.1, 0.15) is 5.75 Å². The predicted molar refractivity (Wildman–Crippen MR) is 66.8 cm³/mol. The normalized spacial score (nSPS) is 10.3. The van der Waals surface area contributed by atoms with Crippen LogP contribution in [0.5, 0.6) is 5.75 Å². The molecule has 0 saturated heterocycles. The lowest BCUT2D eigenvalue weighted by molar-refractivity contribution is -0.148. The number of hydrogen-bond donors (Lipinski definition) is 1. The standard InChI is InChI=1S/C14H12O4/c1-18-13-7-6-9-4-2-3-5-10(9)11(13)8-12(15)14(16)17/h2-7H,8H2,1H3,(H,16,17). The number of carboxylic acids is 1. The molecule has 0 amide bonds. The summed E-state index contributed by atoms with van der Waals surface area (Å²) in [7, 11) is 1.50. The van der Waals surface area contributed by atoms with E-state index in [9.17, 15) is 9.59 Å². The summed E-state index contributed by atoms with van der Waals surface area (Å²) in [5.41, 5.74) is 0.614. The van der Waals surface area contributed by atoms with Crippen LogP contribution >= 0.6 is 0 Å². The van der Waals surface area contributed by atoms with Gasteiger partial charge in [-0.15, -0.1) is 0 Å². The Morgan fingerprint density at radius 3 is 2.56 bits per heavy atom. The number of Topliss-reactive ketones (excluding diaryl/α,β-unsaturated/α-hetero) is 1. The molecule has 0 aliphatic carbocycles. The van der Waals surface area contributed by atoms with Gasteiger partial charge >= 0.3 is 5.97 Å². The Kier molecular flexibility index (Phi) is 3.28. The van der Waals surface area contributed by atoms with E-state index in [1.165, 1.54) is 7.11 Å². The molecule has 0 atom stereocenters. The van der Waals surface area contributed by atoms with Crippen molar-refractivity contribution in [2.24, 2.45) is 0 Å². The minimum Gasteiger partial charge on any atom is -0.496 e. The van der Waals surface area contributed by atoms with Crippen LogP contribution in [-0.4, -0.2) is 24.0 Å². The number of carboxylic acid groups (broad SMARTS) is 1. The average Bonchev–Trinajstić information content (AvgIpc) is 2.39. The average molecular weight is 244 g/mol. The summed E-state index contributed by atoms with van der Waals surface area (Å²) in [5.74, 6) is -1.74. The lowest BCUT2D eigenvalue weighted by Gasteiger charge is -2.10. The van der Waals surface area contributed by atoms with Crippen LogP contribution in [0, 0.1) is 0 Å². The summed E-state index contributed by atoms with van der Waals surface area (Å²) < 4.78 is 5.19. The molecule has 0 unspecified atom stereocenters. The molecule has 0 aliphatic rings. The lowest BCUT2D eigenvalue weighted by atomic mass is 9.99. The number of hydrogen-bond acceptors (Lipinski definition) is 3. The summed E-state index contributed by atoms with van der Waals surface area (Å²) in [6.45, 7) is 0. The molecule has 2 rings (SSSR count). The molecule has 0 bridgehead atoms. The minimum absolute atomic E-state index is 0.167. The second kappa shape index (κ2) is 4.87. The molecule has 92 valence electrons. The van der Waals surface area contributed by atoms with Gasteiger partial charge < -0.3 is 9.84 Å². The summed E-state index contributed by atoms with van der Waals surface area (Å²) in [4.78, 5) is 22.0. The zero-order valence-corrected chi connectivity index (χ0v) is 9.84. The zero-order chi connectivity index (χ0) is 13.1. The topological polar surface area (TPSA) is 63.6 Å². The first-order chi connectivity index (χ1) is 8.63. The van der Waals surface area contributed by atoms with Crippen LogP contribution in [0.25, 0.3) is 10.8 Å². The third-order valence-electron chi connectivity index (χ3n) is 2.79. The second-order valence-corrected chi connectivity index (χ2v) is 3.87. The molecular formula is C14H12O4. The Balaban J connectivity index is 2.57. The fourth-order valence-electron chi connectivity index (χ4n) is 1.93. The van der Waals surface area contributed by atoms with Crippen molar-refractivity contribution < 1.29 is 19.4 Å². The van der Waals surface area contributed by atoms with Gasteiger partial charge in [-0.2, -0.15) is 0 Å². The Morgan fingerprint density at radius 2 is 1.89 bits per heavy atom. The van der Waals surface area contributed by atoms with Crippen LogP contribution < -0.4 is 4.74 Å². The SMILES string of the molecule is COc1ccc2ccccc2c1CC(=O)C(=O)O. The number of benzene rings is 2. The number of rotatable bonds is 4. The maximum absolute atomic E-state index is 11.4. The van der Waals surface area contributed by atoms with Crippen molar-refractivity contribution in [1.29, 1.82) is 0 Å². The van der Waals surface area contributed by atoms with E-state index in [0.717, 1.165) is 10.8 Å². The Morgan fingerprint density at radius 1 is 1.17 bits per heavy atom. The summed E-state index contributed by atoms with van der Waals surface area (Å²) in [5, 5.41) is 10.5. The number of aliphatic carboxylic acids is 1. The van der Waals surface area contributed by atoms with Gasteiger partial charge in [0, 0.05) is 12.0 Å². The van der Waals surface area contributed by atoms with E-state index in [-0.39, 0.29) is 6.42 Å². The fraction of sp³-hybridized carbons (Fsp3) is 0.143. The first-order valence-corrected chi connectivity index (χ1v) is 5.44. The van der Waals surface area contributed by atoms with Crippen molar-refractivity contribution >= 4 is 22.5 Å². The monoisotopic (exact) mass is 244 g/mol. The molecule has 4 heteroatoms. The molecule has 0 fully saturated rings. The van der Waals surface area contributed by atoms with Crippen molar-refractivity contribution in [3.63, 3.8) is 0 Å². The van der Waals surface area contributed by atoms with E-state index in [4.69, 9.17) is 9.84 Å². The van der Waals surface area contributed by atoms with Gasteiger partial charge in [0.25, 0.3) is 0 Å². The fourth-order valence-corrected chi connectivity index (χ4v) is 1.93. The summed E-state index contributed by atoms with van der Waals surface area (Å²) in [6.07, 6.45) is -0.167. The molecule has 1 N–H and O–H groups in total.